The van der Waals surface area contributed by atoms with E-state index in [9.17, 15) is 9.59 Å². The molecule has 0 spiro atoms. The highest BCUT2D eigenvalue weighted by atomic mass is 35.5. The quantitative estimate of drug-likeness (QED) is 0.798. The molecule has 1 aliphatic rings. The number of ether oxygens (including phenoxy) is 2. The first-order valence-electron chi connectivity index (χ1n) is 7.45. The van der Waals surface area contributed by atoms with Gasteiger partial charge in [-0.25, -0.2) is 0 Å². The van der Waals surface area contributed by atoms with Crippen molar-refractivity contribution in [3.05, 3.63) is 57.6 Å². The van der Waals surface area contributed by atoms with Gasteiger partial charge in [-0.1, -0.05) is 29.3 Å². The summed E-state index contributed by atoms with van der Waals surface area (Å²) < 4.78 is 10.5. The molecule has 8 heteroatoms. The van der Waals surface area contributed by atoms with Gasteiger partial charge in [0.05, 0.1) is 10.6 Å². The van der Waals surface area contributed by atoms with Gasteiger partial charge in [0.25, 0.3) is 5.91 Å². The molecule has 25 heavy (non-hydrogen) atoms. The van der Waals surface area contributed by atoms with Crippen LogP contribution in [0.4, 0.5) is 0 Å². The van der Waals surface area contributed by atoms with Crippen molar-refractivity contribution in [3.63, 3.8) is 0 Å². The number of hydrogen-bond acceptors (Lipinski definition) is 4. The average Bonchev–Trinajstić information content (AvgIpc) is 3.07. The fourth-order valence-corrected chi connectivity index (χ4v) is 2.66. The molecule has 0 radical (unpaired) electrons. The number of hydrogen-bond donors (Lipinski definition) is 2. The van der Waals surface area contributed by atoms with Crippen LogP contribution < -0.4 is 20.3 Å². The van der Waals surface area contributed by atoms with Gasteiger partial charge in [0, 0.05) is 11.4 Å². The van der Waals surface area contributed by atoms with E-state index in [2.05, 4.69) is 10.9 Å². The molecule has 6 nitrogen and oxygen atoms in total. The maximum atomic E-state index is 12.0. The minimum absolute atomic E-state index is 0.185. The van der Waals surface area contributed by atoms with Crippen molar-refractivity contribution in [2.75, 3.05) is 6.79 Å². The third kappa shape index (κ3) is 4.35. The Balaban J connectivity index is 1.49. The Bertz CT molecular complexity index is 826. The summed E-state index contributed by atoms with van der Waals surface area (Å²) in [5.41, 5.74) is 5.79. The standard InChI is InChI=1S/C17H14Cl2N2O4/c18-11-3-4-13(19)12(8-11)17(23)21-20-16(22)6-2-10-1-5-14-15(7-10)25-9-24-14/h1,3-5,7-8H,2,6,9H2,(H,20,22)(H,21,23). The first kappa shape index (κ1) is 17.4. The van der Waals surface area contributed by atoms with Crippen LogP contribution in [-0.2, 0) is 11.2 Å². The van der Waals surface area contributed by atoms with Gasteiger partial charge >= 0.3 is 0 Å². The lowest BCUT2D eigenvalue weighted by Crippen LogP contribution is -2.41. The molecule has 0 atom stereocenters. The van der Waals surface area contributed by atoms with Crippen LogP contribution in [-0.4, -0.2) is 18.6 Å². The molecular weight excluding hydrogens is 367 g/mol. The van der Waals surface area contributed by atoms with Crippen molar-refractivity contribution in [1.29, 1.82) is 0 Å². The van der Waals surface area contributed by atoms with Crippen molar-refractivity contribution < 1.29 is 19.1 Å². The van der Waals surface area contributed by atoms with E-state index in [1.54, 1.807) is 12.1 Å². The Morgan fingerprint density at radius 3 is 2.64 bits per heavy atom. The minimum atomic E-state index is -0.538. The molecule has 2 aromatic carbocycles. The SMILES string of the molecule is O=C(CCc1ccc2c(c1)OCO2)NNC(=O)c1cc(Cl)ccc1Cl. The van der Waals surface area contributed by atoms with Gasteiger partial charge in [0.2, 0.25) is 12.7 Å². The third-order valence-electron chi connectivity index (χ3n) is 3.57. The van der Waals surface area contributed by atoms with Crippen LogP contribution in [0, 0.1) is 0 Å². The molecule has 0 fully saturated rings. The lowest BCUT2D eigenvalue weighted by atomic mass is 10.1. The van der Waals surface area contributed by atoms with Crippen LogP contribution in [0.15, 0.2) is 36.4 Å². The Morgan fingerprint density at radius 2 is 1.80 bits per heavy atom. The summed E-state index contributed by atoms with van der Waals surface area (Å²) in [5.74, 6) is 0.494. The number of carbonyl (C=O) groups is 2. The molecular formula is C17H14Cl2N2O4. The van der Waals surface area contributed by atoms with Gasteiger partial charge in [-0.3, -0.25) is 20.4 Å². The Hall–Kier alpha value is -2.44. The Morgan fingerprint density at radius 1 is 1.00 bits per heavy atom. The number of nitrogens with one attached hydrogen (secondary N) is 2. The second kappa shape index (κ2) is 7.63. The first-order chi connectivity index (χ1) is 12.0. The van der Waals surface area contributed by atoms with E-state index < -0.39 is 5.91 Å². The van der Waals surface area contributed by atoms with Crippen molar-refractivity contribution in [2.45, 2.75) is 12.8 Å². The van der Waals surface area contributed by atoms with Gasteiger partial charge in [0.1, 0.15) is 0 Å². The van der Waals surface area contributed by atoms with E-state index in [4.69, 9.17) is 32.7 Å². The van der Waals surface area contributed by atoms with Gasteiger partial charge < -0.3 is 9.47 Å². The fourth-order valence-electron chi connectivity index (χ4n) is 2.28. The largest absolute Gasteiger partial charge is 0.454 e. The summed E-state index contributed by atoms with van der Waals surface area (Å²) in [7, 11) is 0. The molecule has 1 heterocycles. The lowest BCUT2D eigenvalue weighted by Gasteiger charge is -2.09. The van der Waals surface area contributed by atoms with Crippen LogP contribution >= 0.6 is 23.2 Å². The number of carbonyl (C=O) groups excluding carboxylic acids is 2. The van der Waals surface area contributed by atoms with Crippen LogP contribution in [0.5, 0.6) is 11.5 Å². The molecule has 2 aromatic rings. The number of fused-ring (bicyclic) bond motifs is 1. The summed E-state index contributed by atoms with van der Waals surface area (Å²) in [6, 6.07) is 10.0. The van der Waals surface area contributed by atoms with Gasteiger partial charge in [-0.2, -0.15) is 0 Å². The maximum Gasteiger partial charge on any atom is 0.271 e. The smallest absolute Gasteiger partial charge is 0.271 e. The van der Waals surface area contributed by atoms with E-state index in [0.717, 1.165) is 5.56 Å². The highest BCUT2D eigenvalue weighted by Gasteiger charge is 2.14. The van der Waals surface area contributed by atoms with E-state index >= 15 is 0 Å². The topological polar surface area (TPSA) is 76.7 Å². The molecule has 0 bridgehead atoms. The normalized spacial score (nSPS) is 11.9. The second-order valence-corrected chi connectivity index (χ2v) is 6.16. The highest BCUT2D eigenvalue weighted by Crippen LogP contribution is 2.32. The monoisotopic (exact) mass is 380 g/mol. The molecule has 2 N–H and O–H groups in total. The Kier molecular flexibility index (Phi) is 5.31. The first-order valence-corrected chi connectivity index (χ1v) is 8.21. The zero-order valence-electron chi connectivity index (χ0n) is 13.0. The Labute approximate surface area is 154 Å². The molecule has 3 rings (SSSR count). The van der Waals surface area contributed by atoms with E-state index in [0.29, 0.717) is 22.9 Å². The predicted octanol–water partition coefficient (Wildman–Crippen LogP) is 3.12. The fraction of sp³-hybridized carbons (Fsp3) is 0.176. The van der Waals surface area contributed by atoms with Crippen molar-refractivity contribution in [3.8, 4) is 11.5 Å². The molecule has 130 valence electrons. The second-order valence-electron chi connectivity index (χ2n) is 5.31. The molecule has 0 saturated carbocycles. The number of amides is 2. The molecule has 0 aromatic heterocycles. The van der Waals surface area contributed by atoms with E-state index in [1.165, 1.54) is 12.1 Å². The van der Waals surface area contributed by atoms with Crippen LogP contribution in [0.2, 0.25) is 10.0 Å². The van der Waals surface area contributed by atoms with E-state index in [1.807, 2.05) is 12.1 Å². The summed E-state index contributed by atoms with van der Waals surface area (Å²) in [5, 5.41) is 0.625. The van der Waals surface area contributed by atoms with E-state index in [-0.39, 0.29) is 29.7 Å². The lowest BCUT2D eigenvalue weighted by molar-refractivity contribution is -0.121. The summed E-state index contributed by atoms with van der Waals surface area (Å²) in [4.78, 5) is 23.9. The average molecular weight is 381 g/mol. The molecule has 0 aliphatic carbocycles. The van der Waals surface area contributed by atoms with Crippen molar-refractivity contribution >= 4 is 35.0 Å². The van der Waals surface area contributed by atoms with Gasteiger partial charge in [-0.05, 0) is 42.3 Å². The zero-order valence-corrected chi connectivity index (χ0v) is 14.5. The van der Waals surface area contributed by atoms with Gasteiger partial charge in [0.15, 0.2) is 11.5 Å². The zero-order chi connectivity index (χ0) is 17.8. The van der Waals surface area contributed by atoms with Crippen LogP contribution in [0.1, 0.15) is 22.3 Å². The molecule has 0 unspecified atom stereocenters. The maximum absolute atomic E-state index is 12.0. The third-order valence-corrected chi connectivity index (χ3v) is 4.13. The minimum Gasteiger partial charge on any atom is -0.454 e. The summed E-state index contributed by atoms with van der Waals surface area (Å²) in [6.07, 6.45) is 0.694. The highest BCUT2D eigenvalue weighted by molar-refractivity contribution is 6.35. The molecule has 1 aliphatic heterocycles. The predicted molar refractivity (Wildman–Crippen MR) is 93.0 cm³/mol. The molecule has 2 amide bonds. The number of hydrazine groups is 1. The molecule has 0 saturated heterocycles. The number of halogens is 2. The van der Waals surface area contributed by atoms with Crippen molar-refractivity contribution in [2.24, 2.45) is 0 Å². The van der Waals surface area contributed by atoms with Crippen LogP contribution in [0.3, 0.4) is 0 Å². The summed E-state index contributed by atoms with van der Waals surface area (Å²) >= 11 is 11.8. The number of rotatable bonds is 4. The van der Waals surface area contributed by atoms with Crippen molar-refractivity contribution in [1.82, 2.24) is 10.9 Å². The number of benzene rings is 2. The number of aryl methyl sites for hydroxylation is 1. The summed E-state index contributed by atoms with van der Waals surface area (Å²) in [6.45, 7) is 0.206. The van der Waals surface area contributed by atoms with Gasteiger partial charge in [-0.15, -0.1) is 0 Å². The van der Waals surface area contributed by atoms with Crippen LogP contribution in [0.25, 0.3) is 0 Å².